The highest BCUT2D eigenvalue weighted by Gasteiger charge is 2.21. The van der Waals surface area contributed by atoms with Crippen molar-refractivity contribution in [3.8, 4) is 0 Å². The van der Waals surface area contributed by atoms with Crippen molar-refractivity contribution in [3.05, 3.63) is 35.9 Å². The fourth-order valence-electron chi connectivity index (χ4n) is 1.84. The molecule has 3 rings (SSSR count). The van der Waals surface area contributed by atoms with E-state index in [0.29, 0.717) is 11.6 Å². The normalized spacial score (nSPS) is 14.0. The standard InChI is InChI=1S/C14H16N4OS/c19-12(8-10-4-2-1-3-5-10)16-14-18-17-13(20-14)15-9-11-6-7-11/h1-5,11H,6-9H2,(H,15,17)(H,16,18,19). The lowest BCUT2D eigenvalue weighted by molar-refractivity contribution is -0.115. The van der Waals surface area contributed by atoms with E-state index < -0.39 is 0 Å². The summed E-state index contributed by atoms with van der Waals surface area (Å²) >= 11 is 1.38. The topological polar surface area (TPSA) is 66.9 Å². The van der Waals surface area contributed by atoms with Crippen LogP contribution < -0.4 is 10.6 Å². The highest BCUT2D eigenvalue weighted by atomic mass is 32.1. The molecule has 1 fully saturated rings. The summed E-state index contributed by atoms with van der Waals surface area (Å²) < 4.78 is 0. The molecule has 2 aromatic rings. The molecule has 104 valence electrons. The summed E-state index contributed by atoms with van der Waals surface area (Å²) in [6, 6.07) is 9.65. The summed E-state index contributed by atoms with van der Waals surface area (Å²) in [7, 11) is 0. The molecule has 2 N–H and O–H groups in total. The number of nitrogens with zero attached hydrogens (tertiary/aromatic N) is 2. The van der Waals surface area contributed by atoms with Crippen LogP contribution in [0, 0.1) is 5.92 Å². The molecular formula is C14H16N4OS. The summed E-state index contributed by atoms with van der Waals surface area (Å²) in [5.41, 5.74) is 0.988. The zero-order valence-electron chi connectivity index (χ0n) is 11.0. The van der Waals surface area contributed by atoms with Crippen LogP contribution >= 0.6 is 11.3 Å². The minimum absolute atomic E-state index is 0.0684. The molecule has 1 amide bonds. The van der Waals surface area contributed by atoms with Gasteiger partial charge in [-0.3, -0.25) is 4.79 Å². The van der Waals surface area contributed by atoms with Gasteiger partial charge in [-0.15, -0.1) is 10.2 Å². The van der Waals surface area contributed by atoms with Crippen molar-refractivity contribution in [2.45, 2.75) is 19.3 Å². The van der Waals surface area contributed by atoms with Crippen LogP contribution in [0.1, 0.15) is 18.4 Å². The second-order valence-electron chi connectivity index (χ2n) is 4.95. The first-order chi connectivity index (χ1) is 9.79. The van der Waals surface area contributed by atoms with Crippen LogP contribution in [0.4, 0.5) is 10.3 Å². The van der Waals surface area contributed by atoms with Gasteiger partial charge in [0.1, 0.15) is 0 Å². The van der Waals surface area contributed by atoms with Crippen LogP contribution in [0.3, 0.4) is 0 Å². The molecule has 1 heterocycles. The maximum Gasteiger partial charge on any atom is 0.230 e. The van der Waals surface area contributed by atoms with E-state index in [0.717, 1.165) is 23.2 Å². The molecule has 1 saturated carbocycles. The summed E-state index contributed by atoms with van der Waals surface area (Å²) in [5.74, 6) is 0.719. The maximum absolute atomic E-state index is 11.9. The fraction of sp³-hybridized carbons (Fsp3) is 0.357. The van der Waals surface area contributed by atoms with Crippen molar-refractivity contribution >= 4 is 27.5 Å². The Hall–Kier alpha value is -1.95. The van der Waals surface area contributed by atoms with Crippen LogP contribution in [0.25, 0.3) is 0 Å². The second-order valence-corrected chi connectivity index (χ2v) is 5.92. The number of carbonyl (C=O) groups excluding carboxylic acids is 1. The van der Waals surface area contributed by atoms with Gasteiger partial charge in [-0.2, -0.15) is 0 Å². The minimum atomic E-state index is -0.0684. The van der Waals surface area contributed by atoms with Crippen molar-refractivity contribution in [2.24, 2.45) is 5.92 Å². The molecule has 1 aliphatic rings. The Morgan fingerprint density at radius 3 is 2.70 bits per heavy atom. The molecule has 0 radical (unpaired) electrons. The van der Waals surface area contributed by atoms with Gasteiger partial charge >= 0.3 is 0 Å². The average molecular weight is 288 g/mol. The van der Waals surface area contributed by atoms with Crippen LogP contribution in [0.5, 0.6) is 0 Å². The minimum Gasteiger partial charge on any atom is -0.360 e. The Balaban J connectivity index is 1.50. The molecule has 0 unspecified atom stereocenters. The Labute approximate surface area is 121 Å². The molecule has 0 saturated heterocycles. The van der Waals surface area contributed by atoms with E-state index in [1.165, 1.54) is 24.2 Å². The maximum atomic E-state index is 11.9. The van der Waals surface area contributed by atoms with Gasteiger partial charge in [0, 0.05) is 6.54 Å². The van der Waals surface area contributed by atoms with Crippen LogP contribution in [0.2, 0.25) is 0 Å². The number of nitrogens with one attached hydrogen (secondary N) is 2. The van der Waals surface area contributed by atoms with Crippen LogP contribution in [0.15, 0.2) is 30.3 Å². The van der Waals surface area contributed by atoms with E-state index in [9.17, 15) is 4.79 Å². The highest BCUT2D eigenvalue weighted by Crippen LogP contribution is 2.29. The van der Waals surface area contributed by atoms with Gasteiger partial charge in [-0.1, -0.05) is 41.7 Å². The van der Waals surface area contributed by atoms with E-state index in [-0.39, 0.29) is 5.91 Å². The van der Waals surface area contributed by atoms with E-state index >= 15 is 0 Å². The number of hydrogen-bond donors (Lipinski definition) is 2. The Kier molecular flexibility index (Phi) is 3.92. The number of benzene rings is 1. The highest BCUT2D eigenvalue weighted by molar-refractivity contribution is 7.19. The Bertz CT molecular complexity index is 580. The largest absolute Gasteiger partial charge is 0.360 e. The van der Waals surface area contributed by atoms with Crippen LogP contribution in [-0.4, -0.2) is 22.6 Å². The third-order valence-corrected chi connectivity index (χ3v) is 3.91. The van der Waals surface area contributed by atoms with Crippen molar-refractivity contribution in [2.75, 3.05) is 17.2 Å². The zero-order chi connectivity index (χ0) is 13.8. The number of amides is 1. The van der Waals surface area contributed by atoms with Gasteiger partial charge < -0.3 is 10.6 Å². The molecule has 1 aromatic carbocycles. The summed E-state index contributed by atoms with van der Waals surface area (Å²) in [6.45, 7) is 0.951. The van der Waals surface area contributed by atoms with E-state index in [1.807, 2.05) is 30.3 Å². The van der Waals surface area contributed by atoms with Gasteiger partial charge in [-0.05, 0) is 24.3 Å². The molecule has 0 spiro atoms. The van der Waals surface area contributed by atoms with Crippen molar-refractivity contribution in [3.63, 3.8) is 0 Å². The number of carbonyl (C=O) groups is 1. The molecular weight excluding hydrogens is 272 g/mol. The molecule has 1 aliphatic carbocycles. The lowest BCUT2D eigenvalue weighted by Gasteiger charge is -2.01. The quantitative estimate of drug-likeness (QED) is 0.857. The molecule has 0 atom stereocenters. The number of rotatable bonds is 6. The zero-order valence-corrected chi connectivity index (χ0v) is 11.8. The number of aromatic nitrogens is 2. The molecule has 5 nitrogen and oxygen atoms in total. The number of hydrogen-bond acceptors (Lipinski definition) is 5. The average Bonchev–Trinajstić information content (AvgIpc) is 3.18. The van der Waals surface area contributed by atoms with Gasteiger partial charge in [0.15, 0.2) is 0 Å². The lowest BCUT2D eigenvalue weighted by atomic mass is 10.1. The van der Waals surface area contributed by atoms with Gasteiger partial charge in [-0.25, -0.2) is 0 Å². The third kappa shape index (κ3) is 3.77. The monoisotopic (exact) mass is 288 g/mol. The van der Waals surface area contributed by atoms with E-state index in [2.05, 4.69) is 20.8 Å². The van der Waals surface area contributed by atoms with Gasteiger partial charge in [0.25, 0.3) is 0 Å². The number of anilines is 2. The lowest BCUT2D eigenvalue weighted by Crippen LogP contribution is -2.14. The fourth-order valence-corrected chi connectivity index (χ4v) is 2.51. The van der Waals surface area contributed by atoms with Crippen LogP contribution in [-0.2, 0) is 11.2 Å². The Morgan fingerprint density at radius 1 is 1.20 bits per heavy atom. The summed E-state index contributed by atoms with van der Waals surface area (Å²) in [5, 5.41) is 15.3. The first-order valence-electron chi connectivity index (χ1n) is 6.71. The first kappa shape index (κ1) is 13.1. The second kappa shape index (κ2) is 6.00. The predicted octanol–water partition coefficient (Wildman–Crippen LogP) is 2.54. The molecule has 20 heavy (non-hydrogen) atoms. The molecule has 1 aromatic heterocycles. The first-order valence-corrected chi connectivity index (χ1v) is 7.52. The molecule has 0 bridgehead atoms. The third-order valence-electron chi connectivity index (χ3n) is 3.12. The summed E-state index contributed by atoms with van der Waals surface area (Å²) in [6.07, 6.45) is 2.95. The van der Waals surface area contributed by atoms with E-state index in [4.69, 9.17) is 0 Å². The van der Waals surface area contributed by atoms with Gasteiger partial charge in [0.05, 0.1) is 6.42 Å². The van der Waals surface area contributed by atoms with Crippen molar-refractivity contribution < 1.29 is 4.79 Å². The van der Waals surface area contributed by atoms with Crippen molar-refractivity contribution in [1.29, 1.82) is 0 Å². The van der Waals surface area contributed by atoms with Gasteiger partial charge in [0.2, 0.25) is 16.2 Å². The Morgan fingerprint density at radius 2 is 1.95 bits per heavy atom. The predicted molar refractivity (Wildman–Crippen MR) is 79.9 cm³/mol. The smallest absolute Gasteiger partial charge is 0.230 e. The van der Waals surface area contributed by atoms with Crippen molar-refractivity contribution in [1.82, 2.24) is 10.2 Å². The SMILES string of the molecule is O=C(Cc1ccccc1)Nc1nnc(NCC2CC2)s1. The molecule has 0 aliphatic heterocycles. The summed E-state index contributed by atoms with van der Waals surface area (Å²) in [4.78, 5) is 11.9. The van der Waals surface area contributed by atoms with E-state index in [1.54, 1.807) is 0 Å². The molecule has 6 heteroatoms.